The SMILES string of the molecule is O=C(NS(=O)(=O)C(F)(F)F)C1CCC2C=CC=CC2C1. The van der Waals surface area contributed by atoms with Crippen LogP contribution >= 0.6 is 0 Å². The Balaban J connectivity index is 2.01. The predicted molar refractivity (Wildman–Crippen MR) is 65.7 cm³/mol. The highest BCUT2D eigenvalue weighted by Gasteiger charge is 2.48. The maximum absolute atomic E-state index is 12.2. The highest BCUT2D eigenvalue weighted by molar-refractivity contribution is 7.90. The Kier molecular flexibility index (Phi) is 3.95. The fraction of sp³-hybridized carbons (Fsp3) is 0.583. The van der Waals surface area contributed by atoms with Crippen LogP contribution in [0.4, 0.5) is 13.2 Å². The molecule has 0 aliphatic heterocycles. The van der Waals surface area contributed by atoms with Gasteiger partial charge in [-0.15, -0.1) is 0 Å². The van der Waals surface area contributed by atoms with Crippen LogP contribution in [0.1, 0.15) is 19.3 Å². The van der Waals surface area contributed by atoms with E-state index in [1.807, 2.05) is 24.3 Å². The number of carbonyl (C=O) groups excluding carboxylic acids is 1. The summed E-state index contributed by atoms with van der Waals surface area (Å²) in [5, 5.41) is 0. The summed E-state index contributed by atoms with van der Waals surface area (Å²) in [7, 11) is -5.61. The minimum Gasteiger partial charge on any atom is -0.274 e. The van der Waals surface area contributed by atoms with Crippen molar-refractivity contribution in [3.63, 3.8) is 0 Å². The number of fused-ring (bicyclic) bond motifs is 1. The maximum atomic E-state index is 12.2. The molecule has 0 aromatic rings. The normalized spacial score (nSPS) is 29.9. The third-order valence-electron chi connectivity index (χ3n) is 3.69. The summed E-state index contributed by atoms with van der Waals surface area (Å²) in [5.74, 6) is -1.41. The maximum Gasteiger partial charge on any atom is 0.516 e. The van der Waals surface area contributed by atoms with E-state index in [1.165, 1.54) is 0 Å². The van der Waals surface area contributed by atoms with E-state index in [2.05, 4.69) is 0 Å². The second-order valence-electron chi connectivity index (χ2n) is 5.02. The number of carbonyl (C=O) groups is 1. The molecule has 0 radical (unpaired) electrons. The molecule has 0 aromatic carbocycles. The number of allylic oxidation sites excluding steroid dienone is 4. The number of halogens is 3. The highest BCUT2D eigenvalue weighted by Crippen LogP contribution is 2.37. The number of nitrogens with one attached hydrogen (secondary N) is 1. The van der Waals surface area contributed by atoms with E-state index in [-0.39, 0.29) is 11.8 Å². The average molecular weight is 309 g/mol. The number of hydrogen-bond acceptors (Lipinski definition) is 3. The fourth-order valence-electron chi connectivity index (χ4n) is 2.61. The molecule has 2 aliphatic rings. The predicted octanol–water partition coefficient (Wildman–Crippen LogP) is 2.11. The molecule has 20 heavy (non-hydrogen) atoms. The smallest absolute Gasteiger partial charge is 0.274 e. The molecule has 8 heteroatoms. The molecule has 1 saturated carbocycles. The molecule has 0 heterocycles. The third kappa shape index (κ3) is 3.05. The first-order valence-corrected chi connectivity index (χ1v) is 7.67. The van der Waals surface area contributed by atoms with Gasteiger partial charge in [0.05, 0.1) is 0 Å². The van der Waals surface area contributed by atoms with E-state index in [0.717, 1.165) is 4.72 Å². The molecule has 112 valence electrons. The zero-order chi connectivity index (χ0) is 15.0. The monoisotopic (exact) mass is 309 g/mol. The van der Waals surface area contributed by atoms with Crippen molar-refractivity contribution in [2.75, 3.05) is 0 Å². The van der Waals surface area contributed by atoms with Crippen LogP contribution in [0.25, 0.3) is 0 Å². The standard InChI is InChI=1S/C12H14F3NO3S/c13-12(14,15)20(18,19)16-11(17)10-6-5-8-3-1-2-4-9(8)7-10/h1-4,8-10H,5-7H2,(H,16,17). The van der Waals surface area contributed by atoms with E-state index in [9.17, 15) is 26.4 Å². The highest BCUT2D eigenvalue weighted by atomic mass is 32.2. The topological polar surface area (TPSA) is 63.2 Å². The molecule has 1 amide bonds. The molecular formula is C12H14F3NO3S. The lowest BCUT2D eigenvalue weighted by molar-refractivity contribution is -0.125. The Hall–Kier alpha value is -1.31. The molecule has 4 nitrogen and oxygen atoms in total. The van der Waals surface area contributed by atoms with Gasteiger partial charge in [-0.3, -0.25) is 4.79 Å². The molecule has 1 N–H and O–H groups in total. The molecule has 3 atom stereocenters. The van der Waals surface area contributed by atoms with Crippen LogP contribution in [0.15, 0.2) is 24.3 Å². The molecular weight excluding hydrogens is 295 g/mol. The number of sulfonamides is 1. The van der Waals surface area contributed by atoms with Crippen LogP contribution < -0.4 is 4.72 Å². The number of rotatable bonds is 2. The van der Waals surface area contributed by atoms with Crippen molar-refractivity contribution in [1.29, 1.82) is 0 Å². The lowest BCUT2D eigenvalue weighted by Gasteiger charge is -2.33. The Morgan fingerprint density at radius 3 is 2.30 bits per heavy atom. The van der Waals surface area contributed by atoms with Gasteiger partial charge in [-0.1, -0.05) is 24.3 Å². The van der Waals surface area contributed by atoms with Gasteiger partial charge in [-0.25, -0.2) is 4.72 Å². The van der Waals surface area contributed by atoms with Gasteiger partial charge < -0.3 is 0 Å². The van der Waals surface area contributed by atoms with Gasteiger partial charge in [0, 0.05) is 5.92 Å². The summed E-state index contributed by atoms with van der Waals surface area (Å²) in [6, 6.07) is 0. The molecule has 1 fully saturated rings. The van der Waals surface area contributed by atoms with Gasteiger partial charge in [-0.05, 0) is 31.1 Å². The van der Waals surface area contributed by atoms with Crippen molar-refractivity contribution in [3.05, 3.63) is 24.3 Å². The first kappa shape index (κ1) is 15.1. The second-order valence-corrected chi connectivity index (χ2v) is 6.70. The van der Waals surface area contributed by atoms with E-state index >= 15 is 0 Å². The van der Waals surface area contributed by atoms with Crippen LogP contribution in [0, 0.1) is 17.8 Å². The van der Waals surface area contributed by atoms with Gasteiger partial charge in [0.25, 0.3) is 0 Å². The van der Waals surface area contributed by atoms with Gasteiger partial charge in [0.2, 0.25) is 5.91 Å². The zero-order valence-corrected chi connectivity index (χ0v) is 11.2. The van der Waals surface area contributed by atoms with Gasteiger partial charge in [0.1, 0.15) is 0 Å². The Bertz CT molecular complexity index is 551. The fourth-order valence-corrected chi connectivity index (χ4v) is 3.16. The number of alkyl halides is 3. The first-order chi connectivity index (χ1) is 9.21. The summed E-state index contributed by atoms with van der Waals surface area (Å²) in [6.45, 7) is 0. The average Bonchev–Trinajstić information content (AvgIpc) is 2.36. The molecule has 2 rings (SSSR count). The van der Waals surface area contributed by atoms with Crippen LogP contribution in [-0.4, -0.2) is 19.8 Å². The zero-order valence-electron chi connectivity index (χ0n) is 10.4. The van der Waals surface area contributed by atoms with Crippen LogP contribution in [0.5, 0.6) is 0 Å². The Morgan fingerprint density at radius 1 is 1.10 bits per heavy atom. The van der Waals surface area contributed by atoms with Crippen LogP contribution in [-0.2, 0) is 14.8 Å². The summed E-state index contributed by atoms with van der Waals surface area (Å²) in [4.78, 5) is 11.7. The summed E-state index contributed by atoms with van der Waals surface area (Å²) < 4.78 is 59.6. The summed E-state index contributed by atoms with van der Waals surface area (Å²) in [6.07, 6.45) is 9.05. The Labute approximate surface area is 114 Å². The molecule has 0 bridgehead atoms. The first-order valence-electron chi connectivity index (χ1n) is 6.18. The molecule has 0 aromatic heterocycles. The largest absolute Gasteiger partial charge is 0.516 e. The van der Waals surface area contributed by atoms with Crippen LogP contribution in [0.2, 0.25) is 0 Å². The van der Waals surface area contributed by atoms with E-state index in [1.54, 1.807) is 0 Å². The van der Waals surface area contributed by atoms with E-state index < -0.39 is 27.4 Å². The van der Waals surface area contributed by atoms with Crippen molar-refractivity contribution < 1.29 is 26.4 Å². The quantitative estimate of drug-likeness (QED) is 0.850. The Morgan fingerprint density at radius 2 is 1.70 bits per heavy atom. The van der Waals surface area contributed by atoms with Gasteiger partial charge in [-0.2, -0.15) is 21.6 Å². The lowest BCUT2D eigenvalue weighted by Crippen LogP contribution is -2.44. The number of hydrogen-bond donors (Lipinski definition) is 1. The van der Waals surface area contributed by atoms with E-state index in [0.29, 0.717) is 19.3 Å². The van der Waals surface area contributed by atoms with Crippen molar-refractivity contribution in [2.24, 2.45) is 17.8 Å². The van der Waals surface area contributed by atoms with Crippen molar-refractivity contribution in [1.82, 2.24) is 4.72 Å². The number of amides is 1. The lowest BCUT2D eigenvalue weighted by atomic mass is 9.72. The van der Waals surface area contributed by atoms with Gasteiger partial charge in [0.15, 0.2) is 0 Å². The van der Waals surface area contributed by atoms with E-state index in [4.69, 9.17) is 0 Å². The molecule has 0 saturated heterocycles. The van der Waals surface area contributed by atoms with Crippen molar-refractivity contribution in [3.8, 4) is 0 Å². The molecule has 2 aliphatic carbocycles. The molecule has 3 unspecified atom stereocenters. The van der Waals surface area contributed by atoms with Gasteiger partial charge >= 0.3 is 15.5 Å². The van der Waals surface area contributed by atoms with Crippen molar-refractivity contribution in [2.45, 2.75) is 24.8 Å². The summed E-state index contributed by atoms with van der Waals surface area (Å²) in [5.41, 5.74) is -5.46. The third-order valence-corrected chi connectivity index (χ3v) is 4.77. The summed E-state index contributed by atoms with van der Waals surface area (Å²) >= 11 is 0. The second kappa shape index (κ2) is 5.23. The minimum atomic E-state index is -5.61. The van der Waals surface area contributed by atoms with Crippen molar-refractivity contribution >= 4 is 15.9 Å². The van der Waals surface area contributed by atoms with Crippen LogP contribution in [0.3, 0.4) is 0 Å². The molecule has 0 spiro atoms. The minimum absolute atomic E-state index is 0.0816.